The number of sulfonamides is 1. The number of hydrogen-bond donors (Lipinski definition) is 0. The number of rotatable bonds is 5. The molecule has 0 bridgehead atoms. The maximum atomic E-state index is 13.3. The van der Waals surface area contributed by atoms with Gasteiger partial charge in [0.25, 0.3) is 5.91 Å². The molecular weight excluding hydrogens is 556 g/mol. The molecular formula is C28H27ClN4O4S2. The number of carbonyl (C=O) groups excluding carboxylic acids is 1. The van der Waals surface area contributed by atoms with E-state index in [1.807, 2.05) is 36.4 Å². The molecule has 3 aromatic carbocycles. The van der Waals surface area contributed by atoms with Gasteiger partial charge in [-0.15, -0.1) is 0 Å². The minimum Gasteiger partial charge on any atom is -0.493 e. The lowest BCUT2D eigenvalue weighted by atomic mass is 10.0. The van der Waals surface area contributed by atoms with E-state index in [1.54, 1.807) is 47.6 Å². The number of carbonyl (C=O) groups is 1. The minimum atomic E-state index is -3.65. The van der Waals surface area contributed by atoms with Crippen LogP contribution >= 0.6 is 22.9 Å². The van der Waals surface area contributed by atoms with Gasteiger partial charge in [-0.25, -0.2) is 13.4 Å². The molecule has 39 heavy (non-hydrogen) atoms. The van der Waals surface area contributed by atoms with Crippen molar-refractivity contribution in [1.29, 1.82) is 0 Å². The Hall–Kier alpha value is -3.18. The van der Waals surface area contributed by atoms with Crippen LogP contribution in [0, 0.1) is 0 Å². The maximum absolute atomic E-state index is 13.3. The molecule has 2 aliphatic rings. The van der Waals surface area contributed by atoms with Gasteiger partial charge < -0.3 is 14.5 Å². The molecule has 3 heterocycles. The van der Waals surface area contributed by atoms with Gasteiger partial charge in [0.1, 0.15) is 5.52 Å². The van der Waals surface area contributed by atoms with Crippen LogP contribution in [-0.2, 0) is 23.0 Å². The number of anilines is 1. The normalized spacial score (nSPS) is 16.4. The number of piperazine rings is 1. The van der Waals surface area contributed by atoms with Gasteiger partial charge in [0, 0.05) is 44.8 Å². The van der Waals surface area contributed by atoms with E-state index in [0.29, 0.717) is 62.0 Å². The zero-order valence-corrected chi connectivity index (χ0v) is 23.7. The Labute approximate surface area is 236 Å². The first-order chi connectivity index (χ1) is 18.8. The predicted octanol–water partition coefficient (Wildman–Crippen LogP) is 4.67. The molecule has 0 unspecified atom stereocenters. The number of hydrogen-bond acceptors (Lipinski definition) is 7. The van der Waals surface area contributed by atoms with Crippen molar-refractivity contribution in [3.05, 3.63) is 82.4 Å². The average Bonchev–Trinajstić information content (AvgIpc) is 3.41. The van der Waals surface area contributed by atoms with Crippen LogP contribution in [0.1, 0.15) is 21.5 Å². The van der Waals surface area contributed by atoms with E-state index >= 15 is 0 Å². The highest BCUT2D eigenvalue weighted by molar-refractivity contribution is 7.89. The molecule has 0 aliphatic carbocycles. The molecule has 1 fully saturated rings. The zero-order chi connectivity index (χ0) is 27.1. The van der Waals surface area contributed by atoms with Crippen LogP contribution in [0.4, 0.5) is 5.13 Å². The van der Waals surface area contributed by atoms with Crippen molar-refractivity contribution < 1.29 is 17.9 Å². The lowest BCUT2D eigenvalue weighted by molar-refractivity contribution is 0.0746. The minimum absolute atomic E-state index is 0.108. The van der Waals surface area contributed by atoms with Gasteiger partial charge >= 0.3 is 0 Å². The lowest BCUT2D eigenvalue weighted by Gasteiger charge is -2.34. The van der Waals surface area contributed by atoms with E-state index in [-0.39, 0.29) is 10.8 Å². The summed E-state index contributed by atoms with van der Waals surface area (Å²) < 4.78 is 34.5. The van der Waals surface area contributed by atoms with Gasteiger partial charge in [-0.05, 0) is 53.9 Å². The van der Waals surface area contributed by atoms with Crippen molar-refractivity contribution in [3.63, 3.8) is 0 Å². The predicted molar refractivity (Wildman–Crippen MR) is 153 cm³/mol. The zero-order valence-electron chi connectivity index (χ0n) is 21.3. The van der Waals surface area contributed by atoms with Crippen LogP contribution < -0.4 is 9.64 Å². The van der Waals surface area contributed by atoms with Crippen LogP contribution in [0.15, 0.2) is 65.6 Å². The molecule has 4 aromatic rings. The summed E-state index contributed by atoms with van der Waals surface area (Å²) in [6, 6.07) is 18.0. The molecule has 202 valence electrons. The average molecular weight is 583 g/mol. The van der Waals surface area contributed by atoms with Crippen molar-refractivity contribution in [2.45, 2.75) is 17.9 Å². The molecule has 0 spiro atoms. The lowest BCUT2D eigenvalue weighted by Crippen LogP contribution is -2.48. The van der Waals surface area contributed by atoms with E-state index in [4.69, 9.17) is 21.3 Å². The Bertz CT molecular complexity index is 1650. The van der Waals surface area contributed by atoms with Crippen LogP contribution in [0.3, 0.4) is 0 Å². The summed E-state index contributed by atoms with van der Waals surface area (Å²) in [7, 11) is -2.07. The molecule has 11 heteroatoms. The molecule has 1 amide bonds. The Kier molecular flexibility index (Phi) is 6.96. The second-order valence-electron chi connectivity index (χ2n) is 9.58. The van der Waals surface area contributed by atoms with Crippen LogP contribution in [-0.4, -0.2) is 68.3 Å². The van der Waals surface area contributed by atoms with Crippen LogP contribution in [0.25, 0.3) is 10.2 Å². The highest BCUT2D eigenvalue weighted by Crippen LogP contribution is 2.38. The van der Waals surface area contributed by atoms with Gasteiger partial charge in [-0.1, -0.05) is 47.2 Å². The van der Waals surface area contributed by atoms with E-state index in [9.17, 15) is 13.2 Å². The summed E-state index contributed by atoms with van der Waals surface area (Å²) in [5.74, 6) is 0.462. The van der Waals surface area contributed by atoms with Gasteiger partial charge in [0.15, 0.2) is 10.9 Å². The van der Waals surface area contributed by atoms with Gasteiger partial charge in [0.05, 0.1) is 21.7 Å². The molecule has 1 saturated heterocycles. The first-order valence-electron chi connectivity index (χ1n) is 12.7. The number of methoxy groups -OCH3 is 1. The van der Waals surface area contributed by atoms with Crippen LogP contribution in [0.2, 0.25) is 5.02 Å². The highest BCUT2D eigenvalue weighted by atomic mass is 35.5. The van der Waals surface area contributed by atoms with E-state index in [1.165, 1.54) is 9.87 Å². The SMILES string of the molecule is COc1c(Cl)ccc2sc(N3CCN(C(=O)c4ccc(S(=O)(=O)N5CCc6ccccc6C5)cc4)CC3)nc12. The molecule has 6 rings (SSSR count). The van der Waals surface area contributed by atoms with Gasteiger partial charge in [0.2, 0.25) is 10.0 Å². The van der Waals surface area contributed by atoms with Crippen molar-refractivity contribution in [2.75, 3.05) is 44.7 Å². The molecule has 8 nitrogen and oxygen atoms in total. The first kappa shape index (κ1) is 26.1. The second kappa shape index (κ2) is 10.4. The largest absolute Gasteiger partial charge is 0.493 e. The number of amides is 1. The monoisotopic (exact) mass is 582 g/mol. The topological polar surface area (TPSA) is 83.0 Å². The quantitative estimate of drug-likeness (QED) is 0.340. The summed E-state index contributed by atoms with van der Waals surface area (Å²) >= 11 is 7.82. The summed E-state index contributed by atoms with van der Waals surface area (Å²) in [6.45, 7) is 3.17. The second-order valence-corrected chi connectivity index (χ2v) is 12.9. The summed E-state index contributed by atoms with van der Waals surface area (Å²) in [5, 5.41) is 1.39. The van der Waals surface area contributed by atoms with Gasteiger partial charge in [-0.3, -0.25) is 4.79 Å². The third-order valence-electron chi connectivity index (χ3n) is 7.33. The number of ether oxygens (including phenoxy) is 1. The fourth-order valence-corrected chi connectivity index (χ4v) is 7.80. The Morgan fingerprint density at radius 3 is 2.38 bits per heavy atom. The van der Waals surface area contributed by atoms with Crippen LogP contribution in [0.5, 0.6) is 5.75 Å². The smallest absolute Gasteiger partial charge is 0.253 e. The number of thiazole rings is 1. The fraction of sp³-hybridized carbons (Fsp3) is 0.286. The summed E-state index contributed by atoms with van der Waals surface area (Å²) in [4.78, 5) is 22.1. The number of halogens is 1. The number of benzene rings is 3. The van der Waals surface area contributed by atoms with Crippen molar-refractivity contribution in [1.82, 2.24) is 14.2 Å². The summed E-state index contributed by atoms with van der Waals surface area (Å²) in [6.07, 6.45) is 0.691. The molecule has 0 atom stereocenters. The van der Waals surface area contributed by atoms with E-state index < -0.39 is 10.0 Å². The Morgan fingerprint density at radius 2 is 1.67 bits per heavy atom. The molecule has 0 saturated carbocycles. The molecule has 0 N–H and O–H groups in total. The van der Waals surface area contributed by atoms with E-state index in [2.05, 4.69) is 4.90 Å². The highest BCUT2D eigenvalue weighted by Gasteiger charge is 2.29. The number of aromatic nitrogens is 1. The maximum Gasteiger partial charge on any atom is 0.253 e. The number of fused-ring (bicyclic) bond motifs is 2. The fourth-order valence-electron chi connectivity index (χ4n) is 5.14. The standard InChI is InChI=1S/C28H27ClN4O4S2/c1-37-26-23(29)10-11-24-25(26)30-28(38-24)32-16-14-31(15-17-32)27(34)20-6-8-22(9-7-20)39(35,36)33-13-12-19-4-2-3-5-21(19)18-33/h2-11H,12-18H2,1H3. The van der Waals surface area contributed by atoms with Crippen molar-refractivity contribution in [2.24, 2.45) is 0 Å². The van der Waals surface area contributed by atoms with Gasteiger partial charge in [-0.2, -0.15) is 4.31 Å². The Balaban J connectivity index is 1.11. The van der Waals surface area contributed by atoms with Crippen molar-refractivity contribution in [3.8, 4) is 5.75 Å². The van der Waals surface area contributed by atoms with E-state index in [0.717, 1.165) is 20.9 Å². The third kappa shape index (κ3) is 4.86. The first-order valence-corrected chi connectivity index (χ1v) is 15.3. The number of nitrogens with zero attached hydrogens (tertiary/aromatic N) is 4. The third-order valence-corrected chi connectivity index (χ3v) is 10.6. The van der Waals surface area contributed by atoms with Crippen molar-refractivity contribution >= 4 is 54.2 Å². The summed E-state index contributed by atoms with van der Waals surface area (Å²) in [5.41, 5.74) is 3.45. The molecule has 0 radical (unpaired) electrons. The molecule has 2 aliphatic heterocycles. The Morgan fingerprint density at radius 1 is 0.949 bits per heavy atom. The molecule has 1 aromatic heterocycles.